The van der Waals surface area contributed by atoms with E-state index < -0.39 is 0 Å². The van der Waals surface area contributed by atoms with Crippen LogP contribution in [0.25, 0.3) is 10.9 Å². The van der Waals surface area contributed by atoms with E-state index >= 15 is 0 Å². The molecule has 0 atom stereocenters. The third-order valence-corrected chi connectivity index (χ3v) is 5.87. The van der Waals surface area contributed by atoms with Crippen LogP contribution >= 0.6 is 23.8 Å². The smallest absolute Gasteiger partial charge is 0.337 e. The zero-order valence-electron chi connectivity index (χ0n) is 17.1. The van der Waals surface area contributed by atoms with E-state index in [9.17, 15) is 4.79 Å². The zero-order chi connectivity index (χ0) is 21.8. The quantitative estimate of drug-likeness (QED) is 0.440. The minimum absolute atomic E-state index is 0.299. The van der Waals surface area contributed by atoms with E-state index in [-0.39, 0.29) is 5.97 Å². The number of hydrogen-bond donors (Lipinski definition) is 2. The van der Waals surface area contributed by atoms with Gasteiger partial charge in [0.15, 0.2) is 5.11 Å². The number of benzene rings is 2. The highest BCUT2D eigenvalue weighted by atomic mass is 35.5. The van der Waals surface area contributed by atoms with Crippen LogP contribution in [0.15, 0.2) is 54.7 Å². The molecule has 8 heteroatoms. The lowest BCUT2D eigenvalue weighted by molar-refractivity contribution is 0.0601. The number of methoxy groups -OCH3 is 1. The number of thiocarbonyl (C=S) groups is 1. The molecule has 0 saturated carbocycles. The molecule has 0 bridgehead atoms. The van der Waals surface area contributed by atoms with Crippen LogP contribution < -0.4 is 15.5 Å². The number of carbonyl (C=O) groups excluding carboxylic acids is 1. The van der Waals surface area contributed by atoms with Gasteiger partial charge >= 0.3 is 5.97 Å². The van der Waals surface area contributed by atoms with Crippen molar-refractivity contribution >= 4 is 57.2 Å². The third-order valence-electron chi connectivity index (χ3n) is 5.42. The first kappa shape index (κ1) is 21.3. The number of fused-ring (bicyclic) bond motifs is 1. The molecule has 3 aromatic rings. The van der Waals surface area contributed by atoms with Crippen LogP contribution in [0.5, 0.6) is 0 Å². The van der Waals surface area contributed by atoms with Crippen LogP contribution in [0.1, 0.15) is 23.2 Å². The molecule has 0 radical (unpaired) electrons. The second-order valence-corrected chi connectivity index (χ2v) is 8.26. The van der Waals surface area contributed by atoms with Gasteiger partial charge in [0, 0.05) is 47.1 Å². The molecule has 0 unspecified atom stereocenters. The Bertz CT molecular complexity index is 1100. The zero-order valence-corrected chi connectivity index (χ0v) is 18.7. The molecular formula is C23H23ClN4O2S. The van der Waals surface area contributed by atoms with Gasteiger partial charge in [-0.3, -0.25) is 4.98 Å². The Morgan fingerprint density at radius 3 is 2.61 bits per heavy atom. The molecule has 1 aliphatic heterocycles. The van der Waals surface area contributed by atoms with E-state index in [4.69, 9.17) is 28.6 Å². The number of carbonyl (C=O) groups is 1. The first-order valence-electron chi connectivity index (χ1n) is 10.1. The summed E-state index contributed by atoms with van der Waals surface area (Å²) in [6.07, 6.45) is 3.78. The average Bonchev–Trinajstić information content (AvgIpc) is 2.79. The van der Waals surface area contributed by atoms with Crippen molar-refractivity contribution in [1.29, 1.82) is 0 Å². The number of aromatic nitrogens is 1. The summed E-state index contributed by atoms with van der Waals surface area (Å²) in [6, 6.07) is 15.2. The van der Waals surface area contributed by atoms with Crippen molar-refractivity contribution in [3.05, 3.63) is 65.3 Å². The van der Waals surface area contributed by atoms with Gasteiger partial charge in [0.1, 0.15) is 0 Å². The number of piperidine rings is 1. The van der Waals surface area contributed by atoms with Crippen molar-refractivity contribution in [1.82, 2.24) is 10.3 Å². The summed E-state index contributed by atoms with van der Waals surface area (Å²) in [5.41, 5.74) is 3.43. The number of nitrogens with zero attached hydrogens (tertiary/aromatic N) is 2. The fourth-order valence-electron chi connectivity index (χ4n) is 3.81. The fraction of sp³-hybridized carbons (Fsp3) is 0.261. The van der Waals surface area contributed by atoms with Crippen molar-refractivity contribution in [3.8, 4) is 0 Å². The van der Waals surface area contributed by atoms with Crippen LogP contribution in [0.2, 0.25) is 5.02 Å². The third kappa shape index (κ3) is 5.06. The van der Waals surface area contributed by atoms with Gasteiger partial charge < -0.3 is 20.3 Å². The first-order chi connectivity index (χ1) is 15.0. The Hall–Kier alpha value is -2.90. The summed E-state index contributed by atoms with van der Waals surface area (Å²) in [7, 11) is 1.37. The predicted molar refractivity (Wildman–Crippen MR) is 129 cm³/mol. The highest BCUT2D eigenvalue weighted by Crippen LogP contribution is 2.29. The lowest BCUT2D eigenvalue weighted by atomic mass is 10.0. The Morgan fingerprint density at radius 1 is 1.16 bits per heavy atom. The molecule has 2 heterocycles. The molecule has 1 aliphatic rings. The lowest BCUT2D eigenvalue weighted by Crippen LogP contribution is -2.46. The molecule has 4 rings (SSSR count). The Kier molecular flexibility index (Phi) is 6.53. The number of anilines is 2. The Morgan fingerprint density at radius 2 is 1.90 bits per heavy atom. The Balaban J connectivity index is 1.32. The molecule has 1 fully saturated rings. The molecule has 6 nitrogen and oxygen atoms in total. The maximum Gasteiger partial charge on any atom is 0.337 e. The number of pyridine rings is 1. The van der Waals surface area contributed by atoms with Gasteiger partial charge in [-0.1, -0.05) is 11.6 Å². The maximum absolute atomic E-state index is 11.5. The lowest BCUT2D eigenvalue weighted by Gasteiger charge is -2.35. The number of nitrogens with one attached hydrogen (secondary N) is 2. The van der Waals surface area contributed by atoms with E-state index in [0.717, 1.165) is 42.5 Å². The van der Waals surface area contributed by atoms with Crippen molar-refractivity contribution in [3.63, 3.8) is 0 Å². The van der Waals surface area contributed by atoms with Crippen LogP contribution in [-0.4, -0.2) is 42.3 Å². The van der Waals surface area contributed by atoms with Gasteiger partial charge in [0.25, 0.3) is 0 Å². The number of rotatable bonds is 4. The van der Waals surface area contributed by atoms with Crippen molar-refractivity contribution < 1.29 is 9.53 Å². The van der Waals surface area contributed by atoms with E-state index in [1.54, 1.807) is 12.1 Å². The first-order valence-corrected chi connectivity index (χ1v) is 10.9. The molecule has 0 amide bonds. The van der Waals surface area contributed by atoms with E-state index in [1.807, 2.05) is 36.5 Å². The second-order valence-electron chi connectivity index (χ2n) is 7.42. The molecule has 0 aliphatic carbocycles. The van der Waals surface area contributed by atoms with E-state index in [0.29, 0.717) is 21.7 Å². The monoisotopic (exact) mass is 454 g/mol. The fourth-order valence-corrected chi connectivity index (χ4v) is 4.26. The predicted octanol–water partition coefficient (Wildman–Crippen LogP) is 4.63. The summed E-state index contributed by atoms with van der Waals surface area (Å²) in [6.45, 7) is 1.85. The molecule has 2 N–H and O–H groups in total. The number of halogens is 1. The van der Waals surface area contributed by atoms with Gasteiger partial charge in [-0.2, -0.15) is 0 Å². The van der Waals surface area contributed by atoms with Gasteiger partial charge in [-0.05, 0) is 73.6 Å². The highest BCUT2D eigenvalue weighted by molar-refractivity contribution is 7.80. The number of ether oxygens (including phenoxy) is 1. The molecule has 1 aromatic heterocycles. The highest BCUT2D eigenvalue weighted by Gasteiger charge is 2.21. The van der Waals surface area contributed by atoms with Gasteiger partial charge in [-0.25, -0.2) is 4.79 Å². The summed E-state index contributed by atoms with van der Waals surface area (Å²) < 4.78 is 4.72. The maximum atomic E-state index is 11.5. The van der Waals surface area contributed by atoms with Crippen molar-refractivity contribution in [2.24, 2.45) is 0 Å². The van der Waals surface area contributed by atoms with Crippen LogP contribution in [0, 0.1) is 0 Å². The molecule has 2 aromatic carbocycles. The normalized spacial score (nSPS) is 14.3. The van der Waals surface area contributed by atoms with E-state index in [2.05, 4.69) is 26.6 Å². The number of esters is 1. The molecule has 0 spiro atoms. The summed E-state index contributed by atoms with van der Waals surface area (Å²) in [5, 5.41) is 8.97. The average molecular weight is 455 g/mol. The SMILES string of the molecule is COC(=O)c1ccc(NC(=S)NC2CCN(c3ccnc4cc(Cl)ccc34)CC2)cc1. The van der Waals surface area contributed by atoms with Gasteiger partial charge in [0.2, 0.25) is 0 Å². The molecule has 1 saturated heterocycles. The topological polar surface area (TPSA) is 66.5 Å². The molecular weight excluding hydrogens is 432 g/mol. The second kappa shape index (κ2) is 9.49. The summed E-state index contributed by atoms with van der Waals surface area (Å²) >= 11 is 11.6. The van der Waals surface area contributed by atoms with Crippen LogP contribution in [-0.2, 0) is 4.74 Å². The van der Waals surface area contributed by atoms with Crippen LogP contribution in [0.4, 0.5) is 11.4 Å². The van der Waals surface area contributed by atoms with Crippen LogP contribution in [0.3, 0.4) is 0 Å². The van der Waals surface area contributed by atoms with Gasteiger partial charge in [-0.15, -0.1) is 0 Å². The largest absolute Gasteiger partial charge is 0.465 e. The molecule has 160 valence electrons. The Labute approximate surface area is 191 Å². The number of hydrogen-bond acceptors (Lipinski definition) is 5. The van der Waals surface area contributed by atoms with Crippen molar-refractivity contribution in [2.45, 2.75) is 18.9 Å². The van der Waals surface area contributed by atoms with Crippen molar-refractivity contribution in [2.75, 3.05) is 30.4 Å². The summed E-state index contributed by atoms with van der Waals surface area (Å²) in [5.74, 6) is -0.357. The van der Waals surface area contributed by atoms with E-state index in [1.165, 1.54) is 12.8 Å². The summed E-state index contributed by atoms with van der Waals surface area (Å²) in [4.78, 5) is 18.4. The standard InChI is InChI=1S/C23H23ClN4O2S/c1-30-22(29)15-2-5-17(6-3-15)26-23(31)27-18-9-12-28(13-10-18)21-8-11-25-20-14-16(24)4-7-19(20)21/h2-8,11,14,18H,9-10,12-13H2,1H3,(H2,26,27,31). The minimum atomic E-state index is -0.357. The molecule has 31 heavy (non-hydrogen) atoms. The minimum Gasteiger partial charge on any atom is -0.465 e. The van der Waals surface area contributed by atoms with Gasteiger partial charge in [0.05, 0.1) is 18.2 Å².